The molecule has 0 aromatic carbocycles. The van der Waals surface area contributed by atoms with Crippen molar-refractivity contribution in [2.75, 3.05) is 18.1 Å². The van der Waals surface area contributed by atoms with Gasteiger partial charge in [-0.05, 0) is 24.2 Å². The molecule has 1 N–H and O–H groups in total. The Morgan fingerprint density at radius 1 is 1.25 bits per heavy atom. The van der Waals surface area contributed by atoms with Gasteiger partial charge in [-0.15, -0.1) is 0 Å². The van der Waals surface area contributed by atoms with Crippen LogP contribution in [0.1, 0.15) is 40.5 Å². The smallest absolute Gasteiger partial charge is 0.150 e. The zero-order valence-corrected chi connectivity index (χ0v) is 11.7. The predicted octanol–water partition coefficient (Wildman–Crippen LogP) is 1.84. The molecule has 0 aromatic rings. The van der Waals surface area contributed by atoms with Gasteiger partial charge in [-0.3, -0.25) is 0 Å². The van der Waals surface area contributed by atoms with Crippen molar-refractivity contribution >= 4 is 9.84 Å². The van der Waals surface area contributed by atoms with E-state index in [1.165, 1.54) is 0 Å². The van der Waals surface area contributed by atoms with Crippen LogP contribution in [0.2, 0.25) is 0 Å². The molecule has 0 radical (unpaired) electrons. The molecule has 1 saturated heterocycles. The molecule has 4 heteroatoms. The van der Waals surface area contributed by atoms with Crippen molar-refractivity contribution in [3.8, 4) is 0 Å². The van der Waals surface area contributed by atoms with Crippen LogP contribution in [0.5, 0.6) is 0 Å². The van der Waals surface area contributed by atoms with E-state index in [0.717, 1.165) is 19.4 Å². The Morgan fingerprint density at radius 3 is 2.25 bits per heavy atom. The van der Waals surface area contributed by atoms with Gasteiger partial charge in [0.05, 0.1) is 11.5 Å². The van der Waals surface area contributed by atoms with Crippen LogP contribution in [0.25, 0.3) is 0 Å². The lowest BCUT2D eigenvalue weighted by atomic mass is 9.79. The van der Waals surface area contributed by atoms with Gasteiger partial charge < -0.3 is 5.32 Å². The Kier molecular flexibility index (Phi) is 4.41. The van der Waals surface area contributed by atoms with E-state index < -0.39 is 9.84 Å². The molecule has 1 heterocycles. The van der Waals surface area contributed by atoms with Crippen LogP contribution in [-0.4, -0.2) is 32.5 Å². The molecular formula is C12H25NO2S. The van der Waals surface area contributed by atoms with E-state index in [1.54, 1.807) is 0 Å². The number of hydrogen-bond acceptors (Lipinski definition) is 3. The SMILES string of the molecule is CC(C)CC1(CNC(C)C)CCS(=O)(=O)C1. The third-order valence-corrected chi connectivity index (χ3v) is 5.07. The normalized spacial score (nSPS) is 29.1. The lowest BCUT2D eigenvalue weighted by Gasteiger charge is -2.31. The summed E-state index contributed by atoms with van der Waals surface area (Å²) in [7, 11) is -2.79. The maximum atomic E-state index is 11.6. The number of nitrogens with one attached hydrogen (secondary N) is 1. The van der Waals surface area contributed by atoms with Crippen molar-refractivity contribution in [3.63, 3.8) is 0 Å². The molecule has 0 aromatic heterocycles. The number of sulfone groups is 1. The van der Waals surface area contributed by atoms with E-state index in [4.69, 9.17) is 0 Å². The molecule has 1 unspecified atom stereocenters. The first kappa shape index (κ1) is 14.0. The van der Waals surface area contributed by atoms with Crippen LogP contribution >= 0.6 is 0 Å². The van der Waals surface area contributed by atoms with E-state index in [1.807, 2.05) is 0 Å². The van der Waals surface area contributed by atoms with Gasteiger partial charge in [-0.25, -0.2) is 8.42 Å². The van der Waals surface area contributed by atoms with Gasteiger partial charge in [-0.1, -0.05) is 27.7 Å². The second-order valence-electron chi connectivity index (χ2n) is 5.98. The van der Waals surface area contributed by atoms with E-state index in [9.17, 15) is 8.42 Å². The molecule has 16 heavy (non-hydrogen) atoms. The molecule has 0 bridgehead atoms. The zero-order valence-electron chi connectivity index (χ0n) is 10.9. The first-order valence-electron chi connectivity index (χ1n) is 6.18. The van der Waals surface area contributed by atoms with Gasteiger partial charge in [0.2, 0.25) is 0 Å². The van der Waals surface area contributed by atoms with Gasteiger partial charge in [-0.2, -0.15) is 0 Å². The van der Waals surface area contributed by atoms with E-state index in [2.05, 4.69) is 33.0 Å². The van der Waals surface area contributed by atoms with Gasteiger partial charge in [0, 0.05) is 12.6 Å². The average molecular weight is 247 g/mol. The molecule has 0 aliphatic carbocycles. The first-order valence-corrected chi connectivity index (χ1v) is 8.01. The summed E-state index contributed by atoms with van der Waals surface area (Å²) in [5.41, 5.74) is -0.0166. The summed E-state index contributed by atoms with van der Waals surface area (Å²) in [5, 5.41) is 3.41. The van der Waals surface area contributed by atoms with Crippen LogP contribution < -0.4 is 5.32 Å². The van der Waals surface area contributed by atoms with Crippen molar-refractivity contribution in [1.82, 2.24) is 5.32 Å². The molecule has 1 aliphatic heterocycles. The Bertz CT molecular complexity index is 322. The average Bonchev–Trinajstić information content (AvgIpc) is 2.38. The van der Waals surface area contributed by atoms with Gasteiger partial charge in [0.15, 0.2) is 9.84 Å². The highest BCUT2D eigenvalue weighted by molar-refractivity contribution is 7.91. The molecule has 1 aliphatic rings. The van der Waals surface area contributed by atoms with Crippen molar-refractivity contribution in [1.29, 1.82) is 0 Å². The van der Waals surface area contributed by atoms with E-state index in [-0.39, 0.29) is 5.41 Å². The second kappa shape index (κ2) is 5.05. The summed E-state index contributed by atoms with van der Waals surface area (Å²) in [5.74, 6) is 1.31. The lowest BCUT2D eigenvalue weighted by Crippen LogP contribution is -2.39. The van der Waals surface area contributed by atoms with Crippen molar-refractivity contribution in [2.24, 2.45) is 11.3 Å². The molecule has 0 saturated carbocycles. The van der Waals surface area contributed by atoms with Crippen LogP contribution in [0.3, 0.4) is 0 Å². The second-order valence-corrected chi connectivity index (χ2v) is 8.16. The van der Waals surface area contributed by atoms with Crippen LogP contribution in [0.15, 0.2) is 0 Å². The third kappa shape index (κ3) is 4.06. The summed E-state index contributed by atoms with van der Waals surface area (Å²) < 4.78 is 23.3. The Labute approximate surface area is 99.9 Å². The topological polar surface area (TPSA) is 46.2 Å². The highest BCUT2D eigenvalue weighted by atomic mass is 32.2. The molecule has 96 valence electrons. The van der Waals surface area contributed by atoms with Crippen LogP contribution in [0, 0.1) is 11.3 Å². The number of hydrogen-bond donors (Lipinski definition) is 1. The van der Waals surface area contributed by atoms with E-state index in [0.29, 0.717) is 23.5 Å². The molecule has 0 spiro atoms. The lowest BCUT2D eigenvalue weighted by molar-refractivity contribution is 0.246. The minimum absolute atomic E-state index is 0.0166. The minimum atomic E-state index is -2.79. The van der Waals surface area contributed by atoms with E-state index >= 15 is 0 Å². The summed E-state index contributed by atoms with van der Waals surface area (Å²) in [6, 6.07) is 0.423. The monoisotopic (exact) mass is 247 g/mol. The van der Waals surface area contributed by atoms with Crippen molar-refractivity contribution in [2.45, 2.75) is 46.6 Å². The summed E-state index contributed by atoms with van der Waals surface area (Å²) >= 11 is 0. The Morgan fingerprint density at radius 2 is 1.88 bits per heavy atom. The molecule has 1 fully saturated rings. The Hall–Kier alpha value is -0.0900. The first-order chi connectivity index (χ1) is 7.25. The number of rotatable bonds is 5. The van der Waals surface area contributed by atoms with Gasteiger partial charge in [0.1, 0.15) is 0 Å². The summed E-state index contributed by atoms with van der Waals surface area (Å²) in [6.07, 6.45) is 1.83. The molecule has 0 amide bonds. The summed E-state index contributed by atoms with van der Waals surface area (Å²) in [4.78, 5) is 0. The summed E-state index contributed by atoms with van der Waals surface area (Å²) in [6.45, 7) is 9.38. The fourth-order valence-corrected chi connectivity index (χ4v) is 4.83. The minimum Gasteiger partial charge on any atom is -0.314 e. The van der Waals surface area contributed by atoms with Gasteiger partial charge in [0.25, 0.3) is 0 Å². The van der Waals surface area contributed by atoms with Crippen LogP contribution in [0.4, 0.5) is 0 Å². The maximum absolute atomic E-state index is 11.6. The van der Waals surface area contributed by atoms with Crippen molar-refractivity contribution < 1.29 is 8.42 Å². The highest BCUT2D eigenvalue weighted by Crippen LogP contribution is 2.37. The fraction of sp³-hybridized carbons (Fsp3) is 1.00. The Balaban J connectivity index is 2.71. The highest BCUT2D eigenvalue weighted by Gasteiger charge is 2.42. The zero-order chi connectivity index (χ0) is 12.4. The molecule has 3 nitrogen and oxygen atoms in total. The van der Waals surface area contributed by atoms with Gasteiger partial charge >= 0.3 is 0 Å². The van der Waals surface area contributed by atoms with Crippen molar-refractivity contribution in [3.05, 3.63) is 0 Å². The molecular weight excluding hydrogens is 222 g/mol. The molecule has 1 rings (SSSR count). The predicted molar refractivity (Wildman–Crippen MR) is 68.3 cm³/mol. The largest absolute Gasteiger partial charge is 0.314 e. The third-order valence-electron chi connectivity index (χ3n) is 3.20. The van der Waals surface area contributed by atoms with Crippen LogP contribution in [-0.2, 0) is 9.84 Å². The molecule has 1 atom stereocenters. The maximum Gasteiger partial charge on any atom is 0.150 e. The quantitative estimate of drug-likeness (QED) is 0.806. The fourth-order valence-electron chi connectivity index (χ4n) is 2.64. The standard InChI is InChI=1S/C12H25NO2S/c1-10(2)7-12(8-13-11(3)4)5-6-16(14,15)9-12/h10-11,13H,5-9H2,1-4H3.